The molecular weight excluding hydrogens is 250 g/mol. The monoisotopic (exact) mass is 267 g/mol. The van der Waals surface area contributed by atoms with Crippen LogP contribution in [0.4, 0.5) is 0 Å². The second-order valence-electron chi connectivity index (χ2n) is 4.26. The molecule has 0 unspecified atom stereocenters. The Labute approximate surface area is 110 Å². The molecule has 4 N–H and O–H groups in total. The Kier molecular flexibility index (Phi) is 5.03. The third-order valence-corrected chi connectivity index (χ3v) is 3.33. The van der Waals surface area contributed by atoms with E-state index in [2.05, 4.69) is 10.5 Å². The van der Waals surface area contributed by atoms with Crippen molar-refractivity contribution in [2.45, 2.75) is 24.3 Å². The Morgan fingerprint density at radius 1 is 1.44 bits per heavy atom. The minimum Gasteiger partial charge on any atom is -0.409 e. The number of nitrogens with two attached hydrogens (primary N) is 1. The summed E-state index contributed by atoms with van der Waals surface area (Å²) in [5, 5.41) is 14.2. The van der Waals surface area contributed by atoms with Crippen LogP contribution in [0.3, 0.4) is 0 Å². The lowest BCUT2D eigenvalue weighted by Gasteiger charge is -2.24. The van der Waals surface area contributed by atoms with Crippen LogP contribution in [-0.4, -0.2) is 28.2 Å². The molecule has 0 atom stereocenters. The van der Waals surface area contributed by atoms with Gasteiger partial charge >= 0.3 is 0 Å². The predicted octanol–water partition coefficient (Wildman–Crippen LogP) is 1.42. The van der Waals surface area contributed by atoms with Gasteiger partial charge in [-0.2, -0.15) is 0 Å². The van der Waals surface area contributed by atoms with Crippen molar-refractivity contribution >= 4 is 23.5 Å². The molecule has 0 heterocycles. The number of thioether (sulfide) groups is 1. The minimum atomic E-state index is -0.858. The molecule has 1 amide bonds. The first-order valence-electron chi connectivity index (χ1n) is 5.42. The van der Waals surface area contributed by atoms with E-state index in [1.54, 1.807) is 13.8 Å². The molecule has 0 aliphatic carbocycles. The van der Waals surface area contributed by atoms with E-state index < -0.39 is 5.54 Å². The summed E-state index contributed by atoms with van der Waals surface area (Å²) in [6, 6.07) is 9.63. The van der Waals surface area contributed by atoms with Crippen LogP contribution in [0, 0.1) is 0 Å². The van der Waals surface area contributed by atoms with Crippen LogP contribution in [0.5, 0.6) is 0 Å². The van der Waals surface area contributed by atoms with E-state index in [4.69, 9.17) is 10.9 Å². The van der Waals surface area contributed by atoms with Gasteiger partial charge in [-0.15, -0.1) is 11.8 Å². The lowest BCUT2D eigenvalue weighted by molar-refractivity contribution is -0.119. The smallest absolute Gasteiger partial charge is 0.231 e. The number of rotatable bonds is 5. The maximum Gasteiger partial charge on any atom is 0.231 e. The first kappa shape index (κ1) is 14.4. The van der Waals surface area contributed by atoms with Gasteiger partial charge in [0.05, 0.1) is 11.3 Å². The number of hydrogen-bond acceptors (Lipinski definition) is 4. The van der Waals surface area contributed by atoms with Gasteiger partial charge in [0.2, 0.25) is 5.91 Å². The molecule has 0 fully saturated rings. The minimum absolute atomic E-state index is 0.0273. The van der Waals surface area contributed by atoms with Gasteiger partial charge in [0.15, 0.2) is 5.84 Å². The zero-order chi connectivity index (χ0) is 13.6. The fourth-order valence-corrected chi connectivity index (χ4v) is 1.96. The summed E-state index contributed by atoms with van der Waals surface area (Å²) in [6.45, 7) is 3.35. The average Bonchev–Trinajstić information content (AvgIpc) is 2.36. The van der Waals surface area contributed by atoms with E-state index in [-0.39, 0.29) is 17.5 Å². The van der Waals surface area contributed by atoms with Crippen molar-refractivity contribution in [2.24, 2.45) is 10.9 Å². The normalized spacial score (nSPS) is 12.2. The van der Waals surface area contributed by atoms with Crippen LogP contribution in [0.25, 0.3) is 0 Å². The summed E-state index contributed by atoms with van der Waals surface area (Å²) < 4.78 is 0. The van der Waals surface area contributed by atoms with Gasteiger partial charge in [-0.05, 0) is 26.0 Å². The number of nitrogens with one attached hydrogen (secondary N) is 1. The number of oxime groups is 1. The highest BCUT2D eigenvalue weighted by Gasteiger charge is 2.25. The van der Waals surface area contributed by atoms with E-state index in [0.717, 1.165) is 4.90 Å². The van der Waals surface area contributed by atoms with Crippen molar-refractivity contribution < 1.29 is 10.0 Å². The van der Waals surface area contributed by atoms with Gasteiger partial charge in [0, 0.05) is 4.90 Å². The summed E-state index contributed by atoms with van der Waals surface area (Å²) in [4.78, 5) is 12.8. The van der Waals surface area contributed by atoms with E-state index in [0.29, 0.717) is 0 Å². The fourth-order valence-electron chi connectivity index (χ4n) is 1.24. The Bertz CT molecular complexity index is 432. The molecule has 18 heavy (non-hydrogen) atoms. The van der Waals surface area contributed by atoms with Crippen molar-refractivity contribution in [3.05, 3.63) is 30.3 Å². The molecule has 0 aliphatic rings. The number of nitrogens with zero attached hydrogens (tertiary/aromatic N) is 1. The topological polar surface area (TPSA) is 87.7 Å². The van der Waals surface area contributed by atoms with Gasteiger partial charge in [-0.25, -0.2) is 0 Å². The standard InChI is InChI=1S/C12H17N3O2S/c1-12(2,11(13)15-17)14-10(16)8-18-9-6-4-3-5-7-9/h3-7,17H,8H2,1-2H3,(H2,13,15)(H,14,16). The molecule has 1 rings (SSSR count). The lowest BCUT2D eigenvalue weighted by Crippen LogP contribution is -2.53. The van der Waals surface area contributed by atoms with Gasteiger partial charge in [-0.3, -0.25) is 4.79 Å². The van der Waals surface area contributed by atoms with Crippen molar-refractivity contribution in [3.8, 4) is 0 Å². The van der Waals surface area contributed by atoms with E-state index in [9.17, 15) is 4.79 Å². The Hall–Kier alpha value is -1.69. The Balaban J connectivity index is 2.48. The summed E-state index contributed by atoms with van der Waals surface area (Å²) in [5.74, 6) is 0.0904. The zero-order valence-electron chi connectivity index (χ0n) is 10.4. The number of carbonyl (C=O) groups excluding carboxylic acids is 1. The molecule has 1 aromatic rings. The van der Waals surface area contributed by atoms with Crippen molar-refractivity contribution in [1.82, 2.24) is 5.32 Å². The summed E-state index contributed by atoms with van der Waals surface area (Å²) in [5.41, 5.74) is 4.63. The van der Waals surface area contributed by atoms with Crippen LogP contribution >= 0.6 is 11.8 Å². The maximum atomic E-state index is 11.7. The lowest BCUT2D eigenvalue weighted by atomic mass is 10.0. The van der Waals surface area contributed by atoms with E-state index in [1.165, 1.54) is 11.8 Å². The van der Waals surface area contributed by atoms with Crippen molar-refractivity contribution in [1.29, 1.82) is 0 Å². The molecule has 6 heteroatoms. The zero-order valence-corrected chi connectivity index (χ0v) is 11.2. The molecule has 98 valence electrons. The predicted molar refractivity (Wildman–Crippen MR) is 72.8 cm³/mol. The molecule has 5 nitrogen and oxygen atoms in total. The van der Waals surface area contributed by atoms with Gasteiger partial charge in [-0.1, -0.05) is 23.4 Å². The quantitative estimate of drug-likeness (QED) is 0.247. The van der Waals surface area contributed by atoms with Crippen LogP contribution in [-0.2, 0) is 4.79 Å². The SMILES string of the molecule is CC(C)(NC(=O)CSc1ccccc1)C(N)=NO. The average molecular weight is 267 g/mol. The van der Waals surface area contributed by atoms with Crippen LogP contribution < -0.4 is 11.1 Å². The molecule has 0 saturated heterocycles. The molecule has 0 saturated carbocycles. The fraction of sp³-hybridized carbons (Fsp3) is 0.333. The first-order valence-corrected chi connectivity index (χ1v) is 6.41. The molecular formula is C12H17N3O2S. The van der Waals surface area contributed by atoms with Gasteiger partial charge < -0.3 is 16.3 Å². The maximum absolute atomic E-state index is 11.7. The second kappa shape index (κ2) is 6.30. The number of hydrogen-bond donors (Lipinski definition) is 3. The Morgan fingerprint density at radius 3 is 2.61 bits per heavy atom. The molecule has 0 spiro atoms. The van der Waals surface area contributed by atoms with E-state index in [1.807, 2.05) is 30.3 Å². The first-order chi connectivity index (χ1) is 8.45. The molecule has 0 aromatic heterocycles. The van der Waals surface area contributed by atoms with Crippen LogP contribution in [0.2, 0.25) is 0 Å². The van der Waals surface area contributed by atoms with Gasteiger partial charge in [0.1, 0.15) is 0 Å². The number of benzene rings is 1. The highest BCUT2D eigenvalue weighted by Crippen LogP contribution is 2.16. The summed E-state index contributed by atoms with van der Waals surface area (Å²) in [6.07, 6.45) is 0. The largest absolute Gasteiger partial charge is 0.409 e. The van der Waals surface area contributed by atoms with Crippen molar-refractivity contribution in [2.75, 3.05) is 5.75 Å². The molecule has 0 radical (unpaired) electrons. The molecule has 0 aliphatic heterocycles. The van der Waals surface area contributed by atoms with Crippen molar-refractivity contribution in [3.63, 3.8) is 0 Å². The summed E-state index contributed by atoms with van der Waals surface area (Å²) >= 11 is 1.43. The third kappa shape index (κ3) is 4.29. The highest BCUT2D eigenvalue weighted by molar-refractivity contribution is 8.00. The number of amides is 1. The van der Waals surface area contributed by atoms with E-state index >= 15 is 0 Å². The number of amidine groups is 1. The Morgan fingerprint density at radius 2 is 2.06 bits per heavy atom. The van der Waals surface area contributed by atoms with Gasteiger partial charge in [0.25, 0.3) is 0 Å². The molecule has 0 bridgehead atoms. The second-order valence-corrected chi connectivity index (χ2v) is 5.31. The molecule has 1 aromatic carbocycles. The number of carbonyl (C=O) groups is 1. The summed E-state index contributed by atoms with van der Waals surface area (Å²) in [7, 11) is 0. The third-order valence-electron chi connectivity index (χ3n) is 2.31. The van der Waals surface area contributed by atoms with Crippen LogP contribution in [0.1, 0.15) is 13.8 Å². The highest BCUT2D eigenvalue weighted by atomic mass is 32.2. The van der Waals surface area contributed by atoms with Crippen LogP contribution in [0.15, 0.2) is 40.4 Å².